The number of phenolic OH excluding ortho intramolecular Hbond substituents is 1. The van der Waals surface area contributed by atoms with Gasteiger partial charge in [0, 0.05) is 37.6 Å². The smallest absolute Gasteiger partial charge is 0.161 e. The average Bonchev–Trinajstić information content (AvgIpc) is 2.74. The van der Waals surface area contributed by atoms with Crippen LogP contribution in [0.4, 0.5) is 0 Å². The summed E-state index contributed by atoms with van der Waals surface area (Å²) in [5.41, 5.74) is 1.56. The minimum atomic E-state index is -0.539. The largest absolute Gasteiger partial charge is 0.504 e. The molecule has 0 amide bonds. The van der Waals surface area contributed by atoms with Gasteiger partial charge in [0.1, 0.15) is 0 Å². The average molecular weight is 392 g/mol. The summed E-state index contributed by atoms with van der Waals surface area (Å²) >= 11 is 0. The second-order valence-corrected chi connectivity index (χ2v) is 6.50. The van der Waals surface area contributed by atoms with Crippen LogP contribution in [0, 0.1) is 11.8 Å². The molecule has 28 heavy (non-hydrogen) atoms. The Kier molecular flexibility index (Phi) is 7.92. The SMILES string of the molecule is COc1cc(C(c2ccc(OC)c(OC)c2)C(CO)C(CO)CO)ccc1O. The molecule has 0 aliphatic heterocycles. The van der Waals surface area contributed by atoms with Crippen molar-refractivity contribution < 1.29 is 34.6 Å². The van der Waals surface area contributed by atoms with Crippen LogP contribution in [0.25, 0.3) is 0 Å². The Bertz CT molecular complexity index is 758. The Morgan fingerprint density at radius 2 is 1.25 bits per heavy atom. The second kappa shape index (κ2) is 10.2. The van der Waals surface area contributed by atoms with Crippen LogP contribution < -0.4 is 14.2 Å². The Morgan fingerprint density at radius 1 is 0.714 bits per heavy atom. The van der Waals surface area contributed by atoms with Crippen LogP contribution in [0.5, 0.6) is 23.0 Å². The van der Waals surface area contributed by atoms with Crippen molar-refractivity contribution in [2.45, 2.75) is 5.92 Å². The van der Waals surface area contributed by atoms with E-state index in [2.05, 4.69) is 0 Å². The third kappa shape index (κ3) is 4.49. The molecule has 2 atom stereocenters. The zero-order chi connectivity index (χ0) is 20.7. The van der Waals surface area contributed by atoms with Gasteiger partial charge in [-0.25, -0.2) is 0 Å². The molecular formula is C21H28O7. The van der Waals surface area contributed by atoms with E-state index in [-0.39, 0.29) is 25.6 Å². The van der Waals surface area contributed by atoms with Gasteiger partial charge in [-0.1, -0.05) is 12.1 Å². The molecule has 2 unspecified atom stereocenters. The Balaban J connectivity index is 2.65. The van der Waals surface area contributed by atoms with Crippen LogP contribution >= 0.6 is 0 Å². The third-order valence-corrected chi connectivity index (χ3v) is 5.04. The van der Waals surface area contributed by atoms with Gasteiger partial charge in [0.15, 0.2) is 23.0 Å². The number of hydrogen-bond acceptors (Lipinski definition) is 7. The summed E-state index contributed by atoms with van der Waals surface area (Å²) in [6.07, 6.45) is 0. The third-order valence-electron chi connectivity index (χ3n) is 5.04. The van der Waals surface area contributed by atoms with Crippen LogP contribution in [0.3, 0.4) is 0 Å². The zero-order valence-corrected chi connectivity index (χ0v) is 16.3. The number of benzene rings is 2. The van der Waals surface area contributed by atoms with Crippen LogP contribution in [0.1, 0.15) is 17.0 Å². The van der Waals surface area contributed by atoms with Gasteiger partial charge < -0.3 is 34.6 Å². The molecule has 0 spiro atoms. The molecule has 0 aliphatic carbocycles. The highest BCUT2D eigenvalue weighted by atomic mass is 16.5. The van der Waals surface area contributed by atoms with Gasteiger partial charge in [-0.2, -0.15) is 0 Å². The van der Waals surface area contributed by atoms with Crippen LogP contribution in [0.15, 0.2) is 36.4 Å². The first-order valence-corrected chi connectivity index (χ1v) is 8.95. The molecule has 0 heterocycles. The van der Waals surface area contributed by atoms with Crippen molar-refractivity contribution in [2.75, 3.05) is 41.2 Å². The first-order chi connectivity index (χ1) is 13.5. The van der Waals surface area contributed by atoms with E-state index < -0.39 is 17.8 Å². The Hall–Kier alpha value is -2.48. The topological polar surface area (TPSA) is 109 Å². The maximum absolute atomic E-state index is 10.1. The summed E-state index contributed by atoms with van der Waals surface area (Å²) in [6.45, 7) is -0.810. The highest BCUT2D eigenvalue weighted by molar-refractivity contribution is 5.49. The van der Waals surface area contributed by atoms with Crippen molar-refractivity contribution in [2.24, 2.45) is 11.8 Å². The number of aliphatic hydroxyl groups excluding tert-OH is 3. The molecule has 0 saturated heterocycles. The van der Waals surface area contributed by atoms with Crippen LogP contribution in [-0.4, -0.2) is 61.6 Å². The first-order valence-electron chi connectivity index (χ1n) is 8.95. The van der Waals surface area contributed by atoms with E-state index >= 15 is 0 Å². The van der Waals surface area contributed by atoms with Gasteiger partial charge >= 0.3 is 0 Å². The molecule has 7 heteroatoms. The summed E-state index contributed by atoms with van der Waals surface area (Å²) < 4.78 is 15.9. The van der Waals surface area contributed by atoms with Gasteiger partial charge in [0.2, 0.25) is 0 Å². The van der Waals surface area contributed by atoms with E-state index in [1.807, 2.05) is 6.07 Å². The van der Waals surface area contributed by atoms with Crippen LogP contribution in [0.2, 0.25) is 0 Å². The molecular weight excluding hydrogens is 364 g/mol. The molecule has 0 radical (unpaired) electrons. The molecule has 0 saturated carbocycles. The lowest BCUT2D eigenvalue weighted by atomic mass is 9.75. The molecule has 2 rings (SSSR count). The first kappa shape index (κ1) is 21.8. The standard InChI is InChI=1S/C21H28O7/c1-26-18-7-5-14(9-20(18)28-3)21(16(12-24)15(10-22)11-23)13-4-6-17(25)19(8-13)27-2/h4-9,15-16,21-25H,10-12H2,1-3H3. The number of methoxy groups -OCH3 is 3. The van der Waals surface area contributed by atoms with Gasteiger partial charge in [-0.3, -0.25) is 0 Å². The van der Waals surface area contributed by atoms with Crippen molar-refractivity contribution in [3.8, 4) is 23.0 Å². The number of hydrogen-bond donors (Lipinski definition) is 4. The van der Waals surface area contributed by atoms with E-state index in [1.165, 1.54) is 20.3 Å². The maximum atomic E-state index is 10.1. The second-order valence-electron chi connectivity index (χ2n) is 6.50. The van der Waals surface area contributed by atoms with Crippen molar-refractivity contribution in [3.63, 3.8) is 0 Å². The number of phenols is 1. The fourth-order valence-corrected chi connectivity index (χ4v) is 3.48. The maximum Gasteiger partial charge on any atom is 0.161 e. The molecule has 2 aromatic rings. The van der Waals surface area contributed by atoms with Crippen molar-refractivity contribution in [1.29, 1.82) is 0 Å². The highest BCUT2D eigenvalue weighted by Gasteiger charge is 2.32. The van der Waals surface area contributed by atoms with Crippen LogP contribution in [-0.2, 0) is 0 Å². The number of aromatic hydroxyl groups is 1. The number of aliphatic hydroxyl groups is 3. The van der Waals surface area contributed by atoms with Gasteiger partial charge in [-0.15, -0.1) is 0 Å². The summed E-state index contributed by atoms with van der Waals surface area (Å²) in [5, 5.41) is 39.5. The van der Waals surface area contributed by atoms with E-state index in [0.29, 0.717) is 17.2 Å². The van der Waals surface area contributed by atoms with Crippen molar-refractivity contribution in [3.05, 3.63) is 47.5 Å². The van der Waals surface area contributed by atoms with Crippen molar-refractivity contribution in [1.82, 2.24) is 0 Å². The predicted molar refractivity (Wildman–Crippen MR) is 104 cm³/mol. The zero-order valence-electron chi connectivity index (χ0n) is 16.3. The summed E-state index contributed by atoms with van der Waals surface area (Å²) in [6, 6.07) is 10.3. The summed E-state index contributed by atoms with van der Waals surface area (Å²) in [5.74, 6) is -0.0385. The van der Waals surface area contributed by atoms with E-state index in [9.17, 15) is 20.4 Å². The molecule has 0 aliphatic rings. The lowest BCUT2D eigenvalue weighted by molar-refractivity contribution is 0.0654. The normalized spacial score (nSPS) is 13.2. The highest BCUT2D eigenvalue weighted by Crippen LogP contribution is 2.41. The minimum Gasteiger partial charge on any atom is -0.504 e. The van der Waals surface area contributed by atoms with Gasteiger partial charge in [-0.05, 0) is 35.4 Å². The molecule has 0 fully saturated rings. The quantitative estimate of drug-likeness (QED) is 0.488. The summed E-state index contributed by atoms with van der Waals surface area (Å²) in [4.78, 5) is 0. The minimum absolute atomic E-state index is 0.00118. The summed E-state index contributed by atoms with van der Waals surface area (Å²) in [7, 11) is 4.54. The van der Waals surface area contributed by atoms with E-state index in [1.54, 1.807) is 31.4 Å². The van der Waals surface area contributed by atoms with Gasteiger partial charge in [0.05, 0.1) is 21.3 Å². The van der Waals surface area contributed by atoms with Gasteiger partial charge in [0.25, 0.3) is 0 Å². The molecule has 7 nitrogen and oxygen atoms in total. The monoisotopic (exact) mass is 392 g/mol. The Labute approximate surface area is 164 Å². The predicted octanol–water partition coefficient (Wildman–Crippen LogP) is 1.76. The molecule has 2 aromatic carbocycles. The Morgan fingerprint density at radius 3 is 1.75 bits per heavy atom. The lowest BCUT2D eigenvalue weighted by Gasteiger charge is -2.32. The molecule has 4 N–H and O–H groups in total. The fourth-order valence-electron chi connectivity index (χ4n) is 3.48. The molecule has 0 bridgehead atoms. The van der Waals surface area contributed by atoms with Crippen molar-refractivity contribution >= 4 is 0 Å². The lowest BCUT2D eigenvalue weighted by Crippen LogP contribution is -2.31. The number of rotatable bonds is 10. The van der Waals surface area contributed by atoms with E-state index in [4.69, 9.17) is 14.2 Å². The number of ether oxygens (including phenoxy) is 3. The fraction of sp³-hybridized carbons (Fsp3) is 0.429. The molecule has 154 valence electrons. The van der Waals surface area contributed by atoms with E-state index in [0.717, 1.165) is 11.1 Å². The molecule has 0 aromatic heterocycles.